The predicted molar refractivity (Wildman–Crippen MR) is 295 cm³/mol. The summed E-state index contributed by atoms with van der Waals surface area (Å²) >= 11 is 0. The molecule has 3 unspecified atom stereocenters. The van der Waals surface area contributed by atoms with Crippen LogP contribution >= 0.6 is 7.82 Å². The van der Waals surface area contributed by atoms with Gasteiger partial charge < -0.3 is 19.8 Å². The Morgan fingerprint density at radius 2 is 0.779 bits per heavy atom. The van der Waals surface area contributed by atoms with Crippen molar-refractivity contribution < 1.29 is 32.9 Å². The average Bonchev–Trinajstić information content (AvgIpc) is 3.30. The van der Waals surface area contributed by atoms with Crippen LogP contribution in [-0.4, -0.2) is 73.4 Å². The Labute approximate surface area is 424 Å². The monoisotopic (exact) mass is 984 g/mol. The molecule has 0 aromatic rings. The van der Waals surface area contributed by atoms with Crippen molar-refractivity contribution in [1.29, 1.82) is 0 Å². The smallest absolute Gasteiger partial charge is 0.387 e. The number of aliphatic hydroxyl groups excluding tert-OH is 1. The molecule has 9 heteroatoms. The molecular formula is C59H120N2O6P+. The van der Waals surface area contributed by atoms with Gasteiger partial charge in [0.15, 0.2) is 0 Å². The quantitative estimate of drug-likeness (QED) is 0.0243. The standard InChI is InChI=1S/C59H119N2O6P/c1-6-8-10-12-14-16-18-20-22-24-26-28-30-32-34-36-38-40-42-44-46-48-50-52-58(62)57(56-67-68(64,65)66-55-54-61(3,4)5)60-59(63)53-51-49-47-45-43-41-39-37-35-33-31-29-27-25-23-21-19-17-15-13-11-9-7-2/h50,52,57-58,62H,6-49,51,53-56H2,1-5H3,(H-,60,63,64,65)/p+1/b52-50+. The van der Waals surface area contributed by atoms with Crippen molar-refractivity contribution in [1.82, 2.24) is 5.32 Å². The molecule has 0 spiro atoms. The number of likely N-dealkylation sites (N-methyl/N-ethyl adjacent to an activating group) is 1. The lowest BCUT2D eigenvalue weighted by molar-refractivity contribution is -0.870. The van der Waals surface area contributed by atoms with E-state index in [1.807, 2.05) is 27.2 Å². The van der Waals surface area contributed by atoms with Crippen LogP contribution in [-0.2, 0) is 18.4 Å². The minimum Gasteiger partial charge on any atom is -0.387 e. The summed E-state index contributed by atoms with van der Waals surface area (Å²) in [6.45, 7) is 4.87. The van der Waals surface area contributed by atoms with E-state index in [0.29, 0.717) is 17.4 Å². The molecule has 0 aliphatic rings. The Hall–Kier alpha value is -0.760. The van der Waals surface area contributed by atoms with E-state index in [4.69, 9.17) is 9.05 Å². The van der Waals surface area contributed by atoms with E-state index in [0.717, 1.165) is 32.1 Å². The number of rotatable bonds is 56. The van der Waals surface area contributed by atoms with Gasteiger partial charge >= 0.3 is 7.82 Å². The molecule has 406 valence electrons. The summed E-state index contributed by atoms with van der Waals surface area (Å²) in [5, 5.41) is 14.0. The van der Waals surface area contributed by atoms with Gasteiger partial charge in [0.25, 0.3) is 0 Å². The predicted octanol–water partition coefficient (Wildman–Crippen LogP) is 18.2. The highest BCUT2D eigenvalue weighted by molar-refractivity contribution is 7.47. The molecular weight excluding hydrogens is 864 g/mol. The topological polar surface area (TPSA) is 105 Å². The van der Waals surface area contributed by atoms with Crippen molar-refractivity contribution in [2.24, 2.45) is 0 Å². The molecule has 8 nitrogen and oxygen atoms in total. The van der Waals surface area contributed by atoms with E-state index in [2.05, 4.69) is 19.2 Å². The number of allylic oxidation sites excluding steroid dienone is 1. The third-order valence-corrected chi connectivity index (χ3v) is 15.0. The molecule has 0 radical (unpaired) electrons. The second-order valence-corrected chi connectivity index (χ2v) is 23.5. The lowest BCUT2D eigenvalue weighted by Crippen LogP contribution is -2.45. The number of carbonyl (C=O) groups is 1. The van der Waals surface area contributed by atoms with Crippen LogP contribution in [0.3, 0.4) is 0 Å². The van der Waals surface area contributed by atoms with Gasteiger partial charge in [-0.1, -0.05) is 296 Å². The van der Waals surface area contributed by atoms with Crippen LogP contribution in [0.25, 0.3) is 0 Å². The number of aliphatic hydroxyl groups is 1. The summed E-state index contributed by atoms with van der Waals surface area (Å²) in [6, 6.07) is -0.842. The first-order valence-corrected chi connectivity index (χ1v) is 31.6. The van der Waals surface area contributed by atoms with Gasteiger partial charge in [-0.3, -0.25) is 13.8 Å². The lowest BCUT2D eigenvalue weighted by atomic mass is 10.0. The summed E-state index contributed by atoms with van der Waals surface area (Å²) in [7, 11) is 1.59. The second kappa shape index (κ2) is 51.2. The van der Waals surface area contributed by atoms with Crippen molar-refractivity contribution in [3.8, 4) is 0 Å². The van der Waals surface area contributed by atoms with Crippen molar-refractivity contribution in [3.63, 3.8) is 0 Å². The van der Waals surface area contributed by atoms with Crippen LogP contribution in [0, 0.1) is 0 Å². The van der Waals surface area contributed by atoms with E-state index < -0.39 is 20.0 Å². The fraction of sp³-hybridized carbons (Fsp3) is 0.949. The largest absolute Gasteiger partial charge is 0.472 e. The van der Waals surface area contributed by atoms with E-state index in [1.165, 1.54) is 257 Å². The molecule has 0 aliphatic heterocycles. The highest BCUT2D eigenvalue weighted by Gasteiger charge is 2.27. The van der Waals surface area contributed by atoms with Crippen molar-refractivity contribution in [3.05, 3.63) is 12.2 Å². The van der Waals surface area contributed by atoms with Crippen LogP contribution in [0.1, 0.15) is 309 Å². The molecule has 3 N–H and O–H groups in total. The first-order chi connectivity index (χ1) is 33.0. The number of hydrogen-bond acceptors (Lipinski definition) is 5. The molecule has 0 heterocycles. The third-order valence-electron chi connectivity index (χ3n) is 14.0. The number of nitrogens with zero attached hydrogens (tertiary/aromatic N) is 1. The van der Waals surface area contributed by atoms with Gasteiger partial charge in [0.05, 0.1) is 39.9 Å². The van der Waals surface area contributed by atoms with Gasteiger partial charge in [-0.15, -0.1) is 0 Å². The fourth-order valence-corrected chi connectivity index (χ4v) is 10.0. The average molecular weight is 985 g/mol. The maximum Gasteiger partial charge on any atom is 0.472 e. The maximum absolute atomic E-state index is 13.0. The first kappa shape index (κ1) is 67.2. The van der Waals surface area contributed by atoms with Gasteiger partial charge in [-0.25, -0.2) is 4.57 Å². The lowest BCUT2D eigenvalue weighted by Gasteiger charge is -2.25. The third kappa shape index (κ3) is 53.0. The van der Waals surface area contributed by atoms with Gasteiger partial charge in [-0.05, 0) is 19.3 Å². The Morgan fingerprint density at radius 3 is 1.09 bits per heavy atom. The number of carbonyl (C=O) groups excluding carboxylic acids is 1. The number of amides is 1. The van der Waals surface area contributed by atoms with Gasteiger partial charge in [0, 0.05) is 6.42 Å². The Kier molecular flexibility index (Phi) is 50.6. The maximum atomic E-state index is 13.0. The van der Waals surface area contributed by atoms with E-state index in [-0.39, 0.29) is 19.1 Å². The summed E-state index contributed by atoms with van der Waals surface area (Å²) in [6.07, 6.45) is 63.1. The highest BCUT2D eigenvalue weighted by Crippen LogP contribution is 2.43. The molecule has 0 saturated heterocycles. The Balaban J connectivity index is 4.16. The molecule has 0 aromatic carbocycles. The number of phosphoric acid groups is 1. The minimum atomic E-state index is -4.34. The number of quaternary nitrogens is 1. The fourth-order valence-electron chi connectivity index (χ4n) is 9.28. The SMILES string of the molecule is CCCCCCCCCCCCCCCCCCCCCCC/C=C/C(O)C(COP(=O)(O)OCC[N+](C)(C)C)NC(=O)CCCCCCCCCCCCCCCCCCCCCCCCC. The molecule has 0 bridgehead atoms. The molecule has 68 heavy (non-hydrogen) atoms. The number of phosphoric ester groups is 1. The van der Waals surface area contributed by atoms with Gasteiger partial charge in [0.2, 0.25) is 5.91 Å². The zero-order valence-electron chi connectivity index (χ0n) is 46.4. The van der Waals surface area contributed by atoms with Crippen LogP contribution in [0.5, 0.6) is 0 Å². The Bertz CT molecular complexity index is 1120. The molecule has 0 aliphatic carbocycles. The van der Waals surface area contributed by atoms with E-state index >= 15 is 0 Å². The van der Waals surface area contributed by atoms with Crippen molar-refractivity contribution >= 4 is 13.7 Å². The summed E-state index contributed by atoms with van der Waals surface area (Å²) in [5.74, 6) is -0.169. The molecule has 1 amide bonds. The molecule has 0 saturated carbocycles. The number of hydrogen-bond donors (Lipinski definition) is 3. The van der Waals surface area contributed by atoms with Crippen molar-refractivity contribution in [2.45, 2.75) is 321 Å². The molecule has 0 rings (SSSR count). The van der Waals surface area contributed by atoms with Gasteiger partial charge in [-0.2, -0.15) is 0 Å². The van der Waals surface area contributed by atoms with Crippen molar-refractivity contribution in [2.75, 3.05) is 40.9 Å². The van der Waals surface area contributed by atoms with Crippen LogP contribution in [0.2, 0.25) is 0 Å². The first-order valence-electron chi connectivity index (χ1n) is 30.1. The second-order valence-electron chi connectivity index (χ2n) is 22.1. The molecule has 0 fully saturated rings. The Morgan fingerprint density at radius 1 is 0.485 bits per heavy atom. The normalized spacial score (nSPS) is 13.9. The summed E-state index contributed by atoms with van der Waals surface area (Å²) < 4.78 is 23.7. The molecule has 3 atom stereocenters. The van der Waals surface area contributed by atoms with Crippen LogP contribution < -0.4 is 5.32 Å². The summed E-state index contributed by atoms with van der Waals surface area (Å²) in [5.41, 5.74) is 0. The zero-order valence-corrected chi connectivity index (χ0v) is 47.3. The highest BCUT2D eigenvalue weighted by atomic mass is 31.2. The van der Waals surface area contributed by atoms with Gasteiger partial charge in [0.1, 0.15) is 13.2 Å². The number of nitrogens with one attached hydrogen (secondary N) is 1. The molecule has 0 aromatic heterocycles. The zero-order chi connectivity index (χ0) is 49.9. The number of unbranched alkanes of at least 4 members (excludes halogenated alkanes) is 43. The van der Waals surface area contributed by atoms with Crippen LogP contribution in [0.15, 0.2) is 12.2 Å². The summed E-state index contributed by atoms with van der Waals surface area (Å²) in [4.78, 5) is 23.3. The van der Waals surface area contributed by atoms with Crippen LogP contribution in [0.4, 0.5) is 0 Å². The van der Waals surface area contributed by atoms with E-state index in [9.17, 15) is 19.4 Å². The van der Waals surface area contributed by atoms with E-state index in [1.54, 1.807) is 6.08 Å². The minimum absolute atomic E-state index is 0.0653.